The second kappa shape index (κ2) is 5.87. The fraction of sp³-hybridized carbons (Fsp3) is 0.778. The van der Waals surface area contributed by atoms with Crippen LogP contribution in [0.25, 0.3) is 0 Å². The van der Waals surface area contributed by atoms with E-state index in [0.717, 1.165) is 19.5 Å². The molecule has 0 aromatic rings. The van der Waals surface area contributed by atoms with Crippen LogP contribution in [0.2, 0.25) is 0 Å². The smallest absolute Gasteiger partial charge is 0.303 e. The molecular formula is C9H17N3O2S. The molecule has 0 radical (unpaired) electrons. The van der Waals surface area contributed by atoms with Crippen LogP contribution in [0.4, 0.5) is 0 Å². The van der Waals surface area contributed by atoms with Crippen LogP contribution >= 0.6 is 12.2 Å². The minimum absolute atomic E-state index is 0.176. The fourth-order valence-corrected chi connectivity index (χ4v) is 1.79. The number of nitrogens with zero attached hydrogens (tertiary/aromatic N) is 1. The molecule has 5 nitrogen and oxygen atoms in total. The van der Waals surface area contributed by atoms with Crippen LogP contribution in [0.15, 0.2) is 0 Å². The van der Waals surface area contributed by atoms with E-state index < -0.39 is 5.97 Å². The number of nitrogens with one attached hydrogen (secondary N) is 1. The van der Waals surface area contributed by atoms with Gasteiger partial charge in [-0.1, -0.05) is 0 Å². The molecule has 1 rings (SSSR count). The summed E-state index contributed by atoms with van der Waals surface area (Å²) in [6.07, 6.45) is 1.74. The van der Waals surface area contributed by atoms with Gasteiger partial charge in [0.05, 0.1) is 0 Å². The lowest BCUT2D eigenvalue weighted by Crippen LogP contribution is -2.40. The standard InChI is InChI=1S/C9H17N3O2S/c10-7-3-5-12(6-7)9(15)11-4-1-2-8(13)14/h7H,1-6,10H2,(H,11,15)(H,13,14). The topological polar surface area (TPSA) is 78.6 Å². The van der Waals surface area contributed by atoms with Crippen molar-refractivity contribution in [3.05, 3.63) is 0 Å². The van der Waals surface area contributed by atoms with Crippen molar-refractivity contribution in [1.82, 2.24) is 10.2 Å². The SMILES string of the molecule is NC1CCN(C(=S)NCCCC(=O)O)C1. The van der Waals surface area contributed by atoms with Crippen molar-refractivity contribution in [1.29, 1.82) is 0 Å². The summed E-state index contributed by atoms with van der Waals surface area (Å²) < 4.78 is 0. The lowest BCUT2D eigenvalue weighted by atomic mass is 10.3. The quantitative estimate of drug-likeness (QED) is 0.458. The van der Waals surface area contributed by atoms with Gasteiger partial charge in [0.1, 0.15) is 0 Å². The number of carboxylic acids is 1. The Bertz CT molecular complexity index is 248. The van der Waals surface area contributed by atoms with Gasteiger partial charge in [0.2, 0.25) is 0 Å². The first-order valence-electron chi connectivity index (χ1n) is 5.09. The lowest BCUT2D eigenvalue weighted by Gasteiger charge is -2.19. The van der Waals surface area contributed by atoms with E-state index in [2.05, 4.69) is 5.32 Å². The Balaban J connectivity index is 2.11. The fourth-order valence-electron chi connectivity index (χ4n) is 1.52. The van der Waals surface area contributed by atoms with Crippen molar-refractivity contribution in [3.63, 3.8) is 0 Å². The molecule has 0 saturated carbocycles. The van der Waals surface area contributed by atoms with E-state index in [1.54, 1.807) is 0 Å². The number of rotatable bonds is 4. The van der Waals surface area contributed by atoms with Gasteiger partial charge in [-0.25, -0.2) is 0 Å². The highest BCUT2D eigenvalue weighted by Crippen LogP contribution is 2.06. The summed E-state index contributed by atoms with van der Waals surface area (Å²) in [5.41, 5.74) is 5.75. The summed E-state index contributed by atoms with van der Waals surface area (Å²) in [5, 5.41) is 12.2. The predicted octanol–water partition coefficient (Wildman–Crippen LogP) is -0.241. The maximum Gasteiger partial charge on any atom is 0.303 e. The van der Waals surface area contributed by atoms with E-state index in [1.807, 2.05) is 4.90 Å². The largest absolute Gasteiger partial charge is 0.481 e. The summed E-state index contributed by atoms with van der Waals surface area (Å²) in [6, 6.07) is 0.212. The highest BCUT2D eigenvalue weighted by molar-refractivity contribution is 7.80. The van der Waals surface area contributed by atoms with Crippen LogP contribution in [-0.2, 0) is 4.79 Å². The molecule has 1 saturated heterocycles. The van der Waals surface area contributed by atoms with Crippen molar-refractivity contribution in [2.45, 2.75) is 25.3 Å². The molecule has 6 heteroatoms. The van der Waals surface area contributed by atoms with E-state index in [0.29, 0.717) is 18.1 Å². The van der Waals surface area contributed by atoms with Crippen LogP contribution in [0.3, 0.4) is 0 Å². The molecule has 0 aromatic heterocycles. The summed E-state index contributed by atoms with van der Waals surface area (Å²) in [5.74, 6) is -0.772. The second-order valence-electron chi connectivity index (χ2n) is 3.72. The molecule has 1 aliphatic rings. The van der Waals surface area contributed by atoms with Gasteiger partial charge in [0.15, 0.2) is 5.11 Å². The predicted molar refractivity (Wildman–Crippen MR) is 61.6 cm³/mol. The minimum Gasteiger partial charge on any atom is -0.481 e. The van der Waals surface area contributed by atoms with Crippen molar-refractivity contribution in [2.24, 2.45) is 5.73 Å². The van der Waals surface area contributed by atoms with Gasteiger partial charge in [-0.05, 0) is 25.1 Å². The second-order valence-corrected chi connectivity index (χ2v) is 4.11. The molecule has 1 fully saturated rings. The van der Waals surface area contributed by atoms with Crippen LogP contribution in [0, 0.1) is 0 Å². The Hall–Kier alpha value is -0.880. The highest BCUT2D eigenvalue weighted by Gasteiger charge is 2.20. The molecule has 1 unspecified atom stereocenters. The highest BCUT2D eigenvalue weighted by atomic mass is 32.1. The van der Waals surface area contributed by atoms with Gasteiger partial charge in [0.25, 0.3) is 0 Å². The number of thiocarbonyl (C=S) groups is 1. The molecule has 4 N–H and O–H groups in total. The number of hydrogen-bond acceptors (Lipinski definition) is 3. The van der Waals surface area contributed by atoms with Gasteiger partial charge in [0, 0.05) is 32.1 Å². The summed E-state index contributed by atoms with van der Waals surface area (Å²) in [6.45, 7) is 2.30. The van der Waals surface area contributed by atoms with Crippen LogP contribution in [-0.4, -0.2) is 46.8 Å². The summed E-state index contributed by atoms with van der Waals surface area (Å²) >= 11 is 5.16. The third-order valence-corrected chi connectivity index (χ3v) is 2.76. The van der Waals surface area contributed by atoms with Crippen molar-refractivity contribution < 1.29 is 9.90 Å². The van der Waals surface area contributed by atoms with E-state index >= 15 is 0 Å². The van der Waals surface area contributed by atoms with Gasteiger partial charge in [-0.2, -0.15) is 0 Å². The Morgan fingerprint density at radius 3 is 2.93 bits per heavy atom. The Morgan fingerprint density at radius 2 is 2.40 bits per heavy atom. The zero-order chi connectivity index (χ0) is 11.3. The van der Waals surface area contributed by atoms with Crippen molar-refractivity contribution in [3.8, 4) is 0 Å². The minimum atomic E-state index is -0.772. The number of hydrogen-bond donors (Lipinski definition) is 3. The third kappa shape index (κ3) is 4.44. The average molecular weight is 231 g/mol. The van der Waals surface area contributed by atoms with E-state index in [1.165, 1.54) is 0 Å². The Labute approximate surface area is 94.6 Å². The summed E-state index contributed by atoms with van der Waals surface area (Å²) in [4.78, 5) is 12.3. The Morgan fingerprint density at radius 1 is 1.67 bits per heavy atom. The Kier molecular flexibility index (Phi) is 4.77. The summed E-state index contributed by atoms with van der Waals surface area (Å²) in [7, 11) is 0. The van der Waals surface area contributed by atoms with Gasteiger partial charge >= 0.3 is 5.97 Å². The molecular weight excluding hydrogens is 214 g/mol. The molecule has 0 aromatic carbocycles. The molecule has 0 aliphatic carbocycles. The van der Waals surface area contributed by atoms with E-state index in [-0.39, 0.29) is 12.5 Å². The number of aliphatic carboxylic acids is 1. The van der Waals surface area contributed by atoms with Crippen LogP contribution < -0.4 is 11.1 Å². The van der Waals surface area contributed by atoms with E-state index in [9.17, 15) is 4.79 Å². The monoisotopic (exact) mass is 231 g/mol. The van der Waals surface area contributed by atoms with Gasteiger partial charge < -0.3 is 21.1 Å². The van der Waals surface area contributed by atoms with Crippen molar-refractivity contribution in [2.75, 3.05) is 19.6 Å². The molecule has 86 valence electrons. The molecule has 1 atom stereocenters. The van der Waals surface area contributed by atoms with Crippen LogP contribution in [0.5, 0.6) is 0 Å². The van der Waals surface area contributed by atoms with E-state index in [4.69, 9.17) is 23.1 Å². The molecule has 0 spiro atoms. The first kappa shape index (κ1) is 12.2. The van der Waals surface area contributed by atoms with Crippen molar-refractivity contribution >= 4 is 23.3 Å². The zero-order valence-electron chi connectivity index (χ0n) is 8.61. The average Bonchev–Trinajstić information content (AvgIpc) is 2.59. The first-order chi connectivity index (χ1) is 7.09. The maximum absolute atomic E-state index is 10.3. The molecule has 0 amide bonds. The number of likely N-dealkylation sites (tertiary alicyclic amines) is 1. The number of carboxylic acid groups (broad SMARTS) is 1. The normalized spacial score (nSPS) is 20.3. The lowest BCUT2D eigenvalue weighted by molar-refractivity contribution is -0.137. The molecule has 1 aliphatic heterocycles. The van der Waals surface area contributed by atoms with Gasteiger partial charge in [-0.15, -0.1) is 0 Å². The molecule has 1 heterocycles. The zero-order valence-corrected chi connectivity index (χ0v) is 9.42. The number of carbonyl (C=O) groups is 1. The number of nitrogens with two attached hydrogens (primary N) is 1. The molecule has 0 bridgehead atoms. The van der Waals surface area contributed by atoms with Crippen LogP contribution in [0.1, 0.15) is 19.3 Å². The maximum atomic E-state index is 10.3. The molecule has 15 heavy (non-hydrogen) atoms. The first-order valence-corrected chi connectivity index (χ1v) is 5.50. The van der Waals surface area contributed by atoms with Gasteiger partial charge in [-0.3, -0.25) is 4.79 Å². The third-order valence-electron chi connectivity index (χ3n) is 2.36.